The van der Waals surface area contributed by atoms with Gasteiger partial charge in [0.25, 0.3) is 0 Å². The largest absolute Gasteiger partial charge is 0.322 e. The molecule has 114 valence electrons. The molecule has 0 spiro atoms. The normalized spacial score (nSPS) is 11.0. The van der Waals surface area contributed by atoms with E-state index in [9.17, 15) is 4.79 Å². The summed E-state index contributed by atoms with van der Waals surface area (Å²) in [6.07, 6.45) is 4.79. The van der Waals surface area contributed by atoms with Gasteiger partial charge in [0.1, 0.15) is 0 Å². The van der Waals surface area contributed by atoms with E-state index >= 15 is 0 Å². The molecular formula is C18H14IN3O. The molecule has 1 amide bonds. The Labute approximate surface area is 147 Å². The number of rotatable bonds is 3. The van der Waals surface area contributed by atoms with Crippen LogP contribution in [0, 0.1) is 10.5 Å². The molecule has 2 aromatic carbocycles. The van der Waals surface area contributed by atoms with Crippen molar-refractivity contribution in [1.29, 1.82) is 0 Å². The van der Waals surface area contributed by atoms with Crippen LogP contribution < -0.4 is 5.32 Å². The first kappa shape index (κ1) is 15.6. The lowest BCUT2D eigenvalue weighted by molar-refractivity contribution is -0.111. The fourth-order valence-electron chi connectivity index (χ4n) is 2.15. The Morgan fingerprint density at radius 1 is 1.17 bits per heavy atom. The molecule has 0 saturated carbocycles. The molecule has 0 radical (unpaired) electrons. The SMILES string of the molecule is Cc1cc(I)ccc1NC(=O)/C=C/c1cnc2ccccc2n1. The van der Waals surface area contributed by atoms with E-state index in [-0.39, 0.29) is 5.91 Å². The van der Waals surface area contributed by atoms with E-state index in [1.165, 1.54) is 6.08 Å². The number of amides is 1. The second-order valence-electron chi connectivity index (χ2n) is 5.07. The van der Waals surface area contributed by atoms with Gasteiger partial charge in [0.15, 0.2) is 0 Å². The Kier molecular flexibility index (Phi) is 4.66. The number of nitrogens with one attached hydrogen (secondary N) is 1. The number of fused-ring (bicyclic) bond motifs is 1. The van der Waals surface area contributed by atoms with Gasteiger partial charge in [-0.05, 0) is 71.5 Å². The summed E-state index contributed by atoms with van der Waals surface area (Å²) in [5, 5.41) is 2.87. The standard InChI is InChI=1S/C18H14IN3O/c1-12-10-13(19)6-8-15(12)22-18(23)9-7-14-11-20-16-4-2-3-5-17(16)21-14/h2-11H,1H3,(H,22,23)/b9-7+. The Morgan fingerprint density at radius 3 is 2.74 bits per heavy atom. The topological polar surface area (TPSA) is 54.9 Å². The van der Waals surface area contributed by atoms with Crippen LogP contribution in [-0.4, -0.2) is 15.9 Å². The average molecular weight is 415 g/mol. The first-order chi connectivity index (χ1) is 11.1. The predicted octanol–water partition coefficient (Wildman–Crippen LogP) is 4.19. The molecule has 0 aliphatic heterocycles. The van der Waals surface area contributed by atoms with Crippen LogP contribution >= 0.6 is 22.6 Å². The van der Waals surface area contributed by atoms with Gasteiger partial charge in [0, 0.05) is 15.3 Å². The third kappa shape index (κ3) is 3.92. The molecule has 23 heavy (non-hydrogen) atoms. The monoisotopic (exact) mass is 415 g/mol. The minimum atomic E-state index is -0.190. The number of nitrogens with zero attached hydrogens (tertiary/aromatic N) is 2. The van der Waals surface area contributed by atoms with Crippen molar-refractivity contribution in [3.63, 3.8) is 0 Å². The highest BCUT2D eigenvalue weighted by molar-refractivity contribution is 14.1. The van der Waals surface area contributed by atoms with Gasteiger partial charge in [-0.3, -0.25) is 9.78 Å². The molecule has 1 N–H and O–H groups in total. The second kappa shape index (κ2) is 6.87. The van der Waals surface area contributed by atoms with Crippen molar-refractivity contribution in [2.45, 2.75) is 6.92 Å². The van der Waals surface area contributed by atoms with E-state index in [1.54, 1.807) is 12.3 Å². The first-order valence-electron chi connectivity index (χ1n) is 7.09. The van der Waals surface area contributed by atoms with Crippen LogP contribution in [0.3, 0.4) is 0 Å². The summed E-state index contributed by atoms with van der Waals surface area (Å²) in [6.45, 7) is 1.97. The van der Waals surface area contributed by atoms with E-state index in [2.05, 4.69) is 37.9 Å². The molecule has 0 atom stereocenters. The second-order valence-corrected chi connectivity index (χ2v) is 6.31. The Balaban J connectivity index is 1.74. The van der Waals surface area contributed by atoms with Crippen molar-refractivity contribution in [2.24, 2.45) is 0 Å². The van der Waals surface area contributed by atoms with Gasteiger partial charge in [0.05, 0.1) is 22.9 Å². The van der Waals surface area contributed by atoms with Crippen molar-refractivity contribution in [2.75, 3.05) is 5.32 Å². The number of anilines is 1. The molecule has 0 bridgehead atoms. The number of hydrogen-bond donors (Lipinski definition) is 1. The number of para-hydroxylation sites is 2. The van der Waals surface area contributed by atoms with Gasteiger partial charge >= 0.3 is 0 Å². The number of halogens is 1. The molecule has 4 nitrogen and oxygen atoms in total. The third-order valence-corrected chi connectivity index (χ3v) is 3.99. The highest BCUT2D eigenvalue weighted by Gasteiger charge is 2.02. The molecule has 1 aromatic heterocycles. The first-order valence-corrected chi connectivity index (χ1v) is 8.17. The van der Waals surface area contributed by atoms with Crippen molar-refractivity contribution in [3.05, 3.63) is 69.6 Å². The summed E-state index contributed by atoms with van der Waals surface area (Å²) in [5.41, 5.74) is 4.14. The summed E-state index contributed by atoms with van der Waals surface area (Å²) in [7, 11) is 0. The maximum atomic E-state index is 12.0. The molecule has 3 rings (SSSR count). The maximum absolute atomic E-state index is 12.0. The molecule has 0 fully saturated rings. The zero-order chi connectivity index (χ0) is 16.2. The minimum Gasteiger partial charge on any atom is -0.322 e. The smallest absolute Gasteiger partial charge is 0.248 e. The Morgan fingerprint density at radius 2 is 1.96 bits per heavy atom. The molecule has 3 aromatic rings. The summed E-state index contributed by atoms with van der Waals surface area (Å²) in [5.74, 6) is -0.190. The third-order valence-electron chi connectivity index (χ3n) is 3.32. The lowest BCUT2D eigenvalue weighted by atomic mass is 10.2. The molecule has 1 heterocycles. The highest BCUT2D eigenvalue weighted by atomic mass is 127. The summed E-state index contributed by atoms with van der Waals surface area (Å²) >= 11 is 2.25. The number of carbonyl (C=O) groups excluding carboxylic acids is 1. The van der Waals surface area contributed by atoms with E-state index < -0.39 is 0 Å². The van der Waals surface area contributed by atoms with Crippen molar-refractivity contribution < 1.29 is 4.79 Å². The zero-order valence-corrected chi connectivity index (χ0v) is 14.6. The van der Waals surface area contributed by atoms with Gasteiger partial charge < -0.3 is 5.32 Å². The Hall–Kier alpha value is -2.28. The molecular weight excluding hydrogens is 401 g/mol. The zero-order valence-electron chi connectivity index (χ0n) is 12.5. The number of hydrogen-bond acceptors (Lipinski definition) is 3. The van der Waals surface area contributed by atoms with Gasteiger partial charge in [-0.15, -0.1) is 0 Å². The van der Waals surface area contributed by atoms with Gasteiger partial charge in [0.2, 0.25) is 5.91 Å². The number of benzene rings is 2. The van der Waals surface area contributed by atoms with E-state index in [0.29, 0.717) is 5.69 Å². The van der Waals surface area contributed by atoms with Crippen LogP contribution in [0.5, 0.6) is 0 Å². The van der Waals surface area contributed by atoms with Gasteiger partial charge in [-0.2, -0.15) is 0 Å². The summed E-state index contributed by atoms with van der Waals surface area (Å²) < 4.78 is 1.14. The maximum Gasteiger partial charge on any atom is 0.248 e. The average Bonchev–Trinajstić information content (AvgIpc) is 2.55. The summed E-state index contributed by atoms with van der Waals surface area (Å²) in [4.78, 5) is 20.8. The van der Waals surface area contributed by atoms with Crippen molar-refractivity contribution in [1.82, 2.24) is 9.97 Å². The lowest BCUT2D eigenvalue weighted by Gasteiger charge is -2.06. The van der Waals surface area contributed by atoms with Crippen LogP contribution in [-0.2, 0) is 4.79 Å². The lowest BCUT2D eigenvalue weighted by Crippen LogP contribution is -2.09. The quantitative estimate of drug-likeness (QED) is 0.516. The molecule has 0 unspecified atom stereocenters. The number of aromatic nitrogens is 2. The predicted molar refractivity (Wildman–Crippen MR) is 101 cm³/mol. The Bertz CT molecular complexity index is 906. The highest BCUT2D eigenvalue weighted by Crippen LogP contribution is 2.17. The van der Waals surface area contributed by atoms with E-state index in [0.717, 1.165) is 25.9 Å². The molecule has 0 aliphatic carbocycles. The molecule has 0 aliphatic rings. The number of aryl methyl sites for hydroxylation is 1. The fraction of sp³-hybridized carbons (Fsp3) is 0.0556. The van der Waals surface area contributed by atoms with Crippen LogP contribution in [0.4, 0.5) is 5.69 Å². The van der Waals surface area contributed by atoms with Crippen LogP contribution in [0.2, 0.25) is 0 Å². The van der Waals surface area contributed by atoms with Crippen LogP contribution in [0.25, 0.3) is 17.1 Å². The van der Waals surface area contributed by atoms with Crippen molar-refractivity contribution >= 4 is 51.3 Å². The van der Waals surface area contributed by atoms with Gasteiger partial charge in [-0.1, -0.05) is 12.1 Å². The molecule has 0 saturated heterocycles. The minimum absolute atomic E-state index is 0.190. The fourth-order valence-corrected chi connectivity index (χ4v) is 2.80. The van der Waals surface area contributed by atoms with E-state index in [4.69, 9.17) is 0 Å². The molecule has 5 heteroatoms. The van der Waals surface area contributed by atoms with Crippen LogP contribution in [0.15, 0.2) is 54.7 Å². The number of carbonyl (C=O) groups is 1. The van der Waals surface area contributed by atoms with Gasteiger partial charge in [-0.25, -0.2) is 4.98 Å². The van der Waals surface area contributed by atoms with E-state index in [1.807, 2.05) is 49.4 Å². The van der Waals surface area contributed by atoms with Crippen LogP contribution in [0.1, 0.15) is 11.3 Å². The summed E-state index contributed by atoms with van der Waals surface area (Å²) in [6, 6.07) is 13.5. The van der Waals surface area contributed by atoms with Crippen molar-refractivity contribution in [3.8, 4) is 0 Å².